The molecule has 1 aromatic heterocycles. The monoisotopic (exact) mass is 154 g/mol. The summed E-state index contributed by atoms with van der Waals surface area (Å²) >= 11 is 0. The second kappa shape index (κ2) is 2.62. The zero-order valence-electron chi connectivity index (χ0n) is 7.20. The van der Waals surface area contributed by atoms with Gasteiger partial charge in [0.15, 0.2) is 0 Å². The first-order valence-corrected chi connectivity index (χ1v) is 3.71. The van der Waals surface area contributed by atoms with Crippen LogP contribution in [0.5, 0.6) is 0 Å². The minimum atomic E-state index is -0.356. The molecular weight excluding hydrogens is 140 g/mol. The number of rotatable bonds is 2. The number of nitrogens with two attached hydrogens (primary N) is 1. The molecule has 1 rings (SSSR count). The van der Waals surface area contributed by atoms with E-state index in [1.807, 2.05) is 20.9 Å². The standard InChI is InChI=1S/C7H14N4/c1-4-7(2,8)6-9-5-10-11(6)3/h5H,4,8H2,1-3H3. The van der Waals surface area contributed by atoms with Gasteiger partial charge in [-0.05, 0) is 13.3 Å². The van der Waals surface area contributed by atoms with Crippen molar-refractivity contribution in [2.45, 2.75) is 25.8 Å². The molecule has 1 heterocycles. The van der Waals surface area contributed by atoms with Crippen molar-refractivity contribution in [1.29, 1.82) is 0 Å². The minimum Gasteiger partial charge on any atom is -0.319 e. The highest BCUT2D eigenvalue weighted by Crippen LogP contribution is 2.16. The summed E-state index contributed by atoms with van der Waals surface area (Å²) < 4.78 is 1.71. The molecule has 0 aromatic carbocycles. The molecule has 11 heavy (non-hydrogen) atoms. The van der Waals surface area contributed by atoms with Crippen molar-refractivity contribution in [1.82, 2.24) is 14.8 Å². The summed E-state index contributed by atoms with van der Waals surface area (Å²) in [6.07, 6.45) is 2.38. The molecule has 1 atom stereocenters. The highest BCUT2D eigenvalue weighted by molar-refractivity contribution is 5.00. The molecule has 0 aliphatic rings. The second-order valence-electron chi connectivity index (χ2n) is 2.98. The van der Waals surface area contributed by atoms with Crippen LogP contribution in [-0.2, 0) is 12.6 Å². The van der Waals surface area contributed by atoms with Gasteiger partial charge in [-0.25, -0.2) is 4.98 Å². The van der Waals surface area contributed by atoms with Crippen LogP contribution in [0.1, 0.15) is 26.1 Å². The molecule has 0 amide bonds. The lowest BCUT2D eigenvalue weighted by Gasteiger charge is -2.20. The fourth-order valence-corrected chi connectivity index (χ4v) is 0.971. The Kier molecular flexibility index (Phi) is 1.95. The Labute approximate surface area is 66.4 Å². The van der Waals surface area contributed by atoms with Gasteiger partial charge in [-0.2, -0.15) is 5.10 Å². The van der Waals surface area contributed by atoms with E-state index >= 15 is 0 Å². The SMILES string of the molecule is CCC(C)(N)c1ncnn1C. The normalized spacial score (nSPS) is 16.4. The molecular formula is C7H14N4. The first-order chi connectivity index (χ1) is 5.08. The first kappa shape index (κ1) is 8.20. The number of aromatic nitrogens is 3. The molecule has 0 radical (unpaired) electrons. The zero-order chi connectivity index (χ0) is 8.48. The van der Waals surface area contributed by atoms with E-state index in [1.165, 1.54) is 6.33 Å². The smallest absolute Gasteiger partial charge is 0.146 e. The highest BCUT2D eigenvalue weighted by Gasteiger charge is 2.23. The molecule has 0 aliphatic heterocycles. The van der Waals surface area contributed by atoms with Crippen LogP contribution in [0.3, 0.4) is 0 Å². The average molecular weight is 154 g/mol. The molecule has 1 unspecified atom stereocenters. The van der Waals surface area contributed by atoms with Crippen molar-refractivity contribution < 1.29 is 0 Å². The molecule has 2 N–H and O–H groups in total. The Bertz CT molecular complexity index is 238. The largest absolute Gasteiger partial charge is 0.319 e. The molecule has 4 heteroatoms. The van der Waals surface area contributed by atoms with Crippen LogP contribution in [0, 0.1) is 0 Å². The lowest BCUT2D eigenvalue weighted by atomic mass is 10.00. The van der Waals surface area contributed by atoms with Crippen LogP contribution < -0.4 is 5.73 Å². The van der Waals surface area contributed by atoms with Crippen molar-refractivity contribution in [2.75, 3.05) is 0 Å². The Morgan fingerprint density at radius 1 is 1.73 bits per heavy atom. The van der Waals surface area contributed by atoms with Gasteiger partial charge in [-0.1, -0.05) is 6.92 Å². The summed E-state index contributed by atoms with van der Waals surface area (Å²) in [6.45, 7) is 3.99. The Balaban J connectivity index is 3.00. The lowest BCUT2D eigenvalue weighted by molar-refractivity contribution is 0.423. The summed E-state index contributed by atoms with van der Waals surface area (Å²) in [6, 6.07) is 0. The van der Waals surface area contributed by atoms with Crippen LogP contribution in [0.25, 0.3) is 0 Å². The summed E-state index contributed by atoms with van der Waals surface area (Å²) in [7, 11) is 1.85. The van der Waals surface area contributed by atoms with Gasteiger partial charge in [0.05, 0.1) is 5.54 Å². The maximum Gasteiger partial charge on any atom is 0.146 e. The van der Waals surface area contributed by atoms with E-state index in [-0.39, 0.29) is 5.54 Å². The van der Waals surface area contributed by atoms with E-state index in [9.17, 15) is 0 Å². The van der Waals surface area contributed by atoms with Crippen LogP contribution >= 0.6 is 0 Å². The van der Waals surface area contributed by atoms with E-state index in [2.05, 4.69) is 10.1 Å². The number of aryl methyl sites for hydroxylation is 1. The van der Waals surface area contributed by atoms with E-state index < -0.39 is 0 Å². The third-order valence-electron chi connectivity index (χ3n) is 1.96. The lowest BCUT2D eigenvalue weighted by Crippen LogP contribution is -2.35. The topological polar surface area (TPSA) is 56.7 Å². The Hall–Kier alpha value is -0.900. The fraction of sp³-hybridized carbons (Fsp3) is 0.714. The minimum absolute atomic E-state index is 0.356. The van der Waals surface area contributed by atoms with Gasteiger partial charge in [-0.15, -0.1) is 0 Å². The summed E-state index contributed by atoms with van der Waals surface area (Å²) in [5.74, 6) is 0.833. The van der Waals surface area contributed by atoms with Gasteiger partial charge < -0.3 is 5.73 Å². The third-order valence-corrected chi connectivity index (χ3v) is 1.96. The summed E-state index contributed by atoms with van der Waals surface area (Å²) in [5.41, 5.74) is 5.60. The Morgan fingerprint density at radius 2 is 2.36 bits per heavy atom. The van der Waals surface area contributed by atoms with Gasteiger partial charge in [0.1, 0.15) is 12.2 Å². The van der Waals surface area contributed by atoms with Gasteiger partial charge in [-0.3, -0.25) is 4.68 Å². The molecule has 1 aromatic rings. The first-order valence-electron chi connectivity index (χ1n) is 3.71. The zero-order valence-corrected chi connectivity index (χ0v) is 7.20. The van der Waals surface area contributed by atoms with E-state index in [1.54, 1.807) is 4.68 Å². The predicted molar refractivity (Wildman–Crippen MR) is 42.8 cm³/mol. The number of hydrogen-bond acceptors (Lipinski definition) is 3. The maximum absolute atomic E-state index is 5.96. The quantitative estimate of drug-likeness (QED) is 0.670. The molecule has 0 fully saturated rings. The number of nitrogens with zero attached hydrogens (tertiary/aromatic N) is 3. The van der Waals surface area contributed by atoms with Crippen LogP contribution in [0.4, 0.5) is 0 Å². The van der Waals surface area contributed by atoms with Crippen molar-refractivity contribution in [3.8, 4) is 0 Å². The van der Waals surface area contributed by atoms with Crippen molar-refractivity contribution in [3.63, 3.8) is 0 Å². The van der Waals surface area contributed by atoms with E-state index in [0.29, 0.717) is 0 Å². The average Bonchev–Trinajstić information content (AvgIpc) is 2.36. The molecule has 0 saturated heterocycles. The fourth-order valence-electron chi connectivity index (χ4n) is 0.971. The molecule has 0 saturated carbocycles. The van der Waals surface area contributed by atoms with Crippen LogP contribution in [0.15, 0.2) is 6.33 Å². The summed E-state index contributed by atoms with van der Waals surface area (Å²) in [4.78, 5) is 4.09. The number of hydrogen-bond donors (Lipinski definition) is 1. The van der Waals surface area contributed by atoms with E-state index in [0.717, 1.165) is 12.2 Å². The van der Waals surface area contributed by atoms with Crippen molar-refractivity contribution in [2.24, 2.45) is 12.8 Å². The Morgan fingerprint density at radius 3 is 2.73 bits per heavy atom. The molecule has 0 spiro atoms. The van der Waals surface area contributed by atoms with E-state index in [4.69, 9.17) is 5.73 Å². The van der Waals surface area contributed by atoms with Crippen molar-refractivity contribution in [3.05, 3.63) is 12.2 Å². The molecule has 0 aliphatic carbocycles. The second-order valence-corrected chi connectivity index (χ2v) is 2.98. The molecule has 62 valence electrons. The van der Waals surface area contributed by atoms with Gasteiger partial charge >= 0.3 is 0 Å². The van der Waals surface area contributed by atoms with Crippen LogP contribution in [-0.4, -0.2) is 14.8 Å². The predicted octanol–water partition coefficient (Wildman–Crippen LogP) is 0.399. The third kappa shape index (κ3) is 1.40. The summed E-state index contributed by atoms with van der Waals surface area (Å²) in [5, 5.41) is 3.96. The molecule has 0 bridgehead atoms. The van der Waals surface area contributed by atoms with Crippen LogP contribution in [0.2, 0.25) is 0 Å². The van der Waals surface area contributed by atoms with Gasteiger partial charge in [0.25, 0.3) is 0 Å². The van der Waals surface area contributed by atoms with Gasteiger partial charge in [0, 0.05) is 7.05 Å². The van der Waals surface area contributed by atoms with Crippen molar-refractivity contribution >= 4 is 0 Å². The highest BCUT2D eigenvalue weighted by atomic mass is 15.3. The molecule has 4 nitrogen and oxygen atoms in total. The van der Waals surface area contributed by atoms with Gasteiger partial charge in [0.2, 0.25) is 0 Å². The maximum atomic E-state index is 5.96.